The molecule has 0 atom stereocenters. The molecule has 4 heteroatoms. The number of hydrogen-bond acceptors (Lipinski definition) is 2. The van der Waals surface area contributed by atoms with E-state index in [0.29, 0.717) is 17.0 Å². The van der Waals surface area contributed by atoms with E-state index < -0.39 is 5.97 Å². The lowest BCUT2D eigenvalue weighted by Crippen LogP contribution is -2.25. The first kappa shape index (κ1) is 16.7. The van der Waals surface area contributed by atoms with Gasteiger partial charge in [-0.3, -0.25) is 4.79 Å². The molecule has 0 saturated heterocycles. The molecule has 0 aliphatic heterocycles. The highest BCUT2D eigenvalue weighted by molar-refractivity contribution is 5.96. The second-order valence-electron chi connectivity index (χ2n) is 5.64. The molecule has 120 valence electrons. The molecule has 1 fully saturated rings. The quantitative estimate of drug-likeness (QED) is 0.908. The molecule has 0 radical (unpaired) electrons. The second-order valence-corrected chi connectivity index (χ2v) is 5.64. The predicted molar refractivity (Wildman–Crippen MR) is 89.6 cm³/mol. The molecule has 4 nitrogen and oxygen atoms in total. The van der Waals surface area contributed by atoms with Crippen molar-refractivity contribution in [3.05, 3.63) is 71.3 Å². The Labute approximate surface area is 136 Å². The first-order chi connectivity index (χ1) is 11.1. The molecule has 2 aromatic rings. The van der Waals surface area contributed by atoms with E-state index in [1.54, 1.807) is 19.1 Å². The molecule has 1 saturated carbocycles. The minimum Gasteiger partial charge on any atom is -0.478 e. The first-order valence-corrected chi connectivity index (χ1v) is 7.70. The lowest BCUT2D eigenvalue weighted by atomic mass is 10.0. The van der Waals surface area contributed by atoms with Gasteiger partial charge in [0.05, 0.1) is 5.56 Å². The van der Waals surface area contributed by atoms with Crippen molar-refractivity contribution in [1.82, 2.24) is 5.32 Å². The van der Waals surface area contributed by atoms with Crippen LogP contribution in [-0.4, -0.2) is 23.5 Å². The summed E-state index contributed by atoms with van der Waals surface area (Å²) < 4.78 is 0. The Morgan fingerprint density at radius 1 is 1.09 bits per heavy atom. The van der Waals surface area contributed by atoms with Gasteiger partial charge in [0, 0.05) is 12.1 Å². The van der Waals surface area contributed by atoms with Crippen molar-refractivity contribution >= 4 is 11.9 Å². The Kier molecular flexibility index (Phi) is 5.92. The average molecular weight is 311 g/mol. The van der Waals surface area contributed by atoms with E-state index in [4.69, 9.17) is 5.11 Å². The van der Waals surface area contributed by atoms with Gasteiger partial charge in [0.25, 0.3) is 5.91 Å². The number of rotatable bonds is 4. The Bertz CT molecular complexity index is 637. The summed E-state index contributed by atoms with van der Waals surface area (Å²) in [4.78, 5) is 22.6. The van der Waals surface area contributed by atoms with Crippen molar-refractivity contribution in [3.63, 3.8) is 0 Å². The van der Waals surface area contributed by atoms with Gasteiger partial charge in [0.15, 0.2) is 0 Å². The van der Waals surface area contributed by atoms with Crippen LogP contribution in [0.5, 0.6) is 0 Å². The largest absolute Gasteiger partial charge is 0.478 e. The Balaban J connectivity index is 0.000000268. The van der Waals surface area contributed by atoms with Crippen molar-refractivity contribution in [2.75, 3.05) is 6.54 Å². The van der Waals surface area contributed by atoms with Crippen LogP contribution in [0.3, 0.4) is 0 Å². The number of hydrogen-bond donors (Lipinski definition) is 2. The van der Waals surface area contributed by atoms with E-state index >= 15 is 0 Å². The minimum absolute atomic E-state index is 0.128. The number of nitrogens with one attached hydrogen (secondary N) is 1. The second kappa shape index (κ2) is 8.13. The standard InChI is InChI=1S/C13H15NO3.C6H6/c1-8-6-10(4-5-11(8)13(16)17)12(15)14-7-9-2-3-9;1-2-4-6-5-3-1/h4-6,9H,2-3,7H2,1H3,(H,14,15)(H,16,17);1-6H. The van der Waals surface area contributed by atoms with Gasteiger partial charge in [-0.15, -0.1) is 0 Å². The molecule has 0 unspecified atom stereocenters. The first-order valence-electron chi connectivity index (χ1n) is 7.70. The third-order valence-corrected chi connectivity index (χ3v) is 3.63. The van der Waals surface area contributed by atoms with Crippen molar-refractivity contribution < 1.29 is 14.7 Å². The van der Waals surface area contributed by atoms with Gasteiger partial charge in [0.1, 0.15) is 0 Å². The fraction of sp³-hybridized carbons (Fsp3) is 0.263. The highest BCUT2D eigenvalue weighted by atomic mass is 16.4. The zero-order chi connectivity index (χ0) is 16.7. The van der Waals surface area contributed by atoms with Crippen LogP contribution in [0.25, 0.3) is 0 Å². The predicted octanol–water partition coefficient (Wildman–Crippen LogP) is 3.52. The molecule has 1 amide bonds. The molecular formula is C19H21NO3. The van der Waals surface area contributed by atoms with Crippen molar-refractivity contribution in [2.24, 2.45) is 5.92 Å². The van der Waals surface area contributed by atoms with Crippen LogP contribution in [0.4, 0.5) is 0 Å². The molecule has 3 rings (SSSR count). The number of amides is 1. The highest BCUT2D eigenvalue weighted by Crippen LogP contribution is 2.27. The van der Waals surface area contributed by atoms with Gasteiger partial charge >= 0.3 is 5.97 Å². The molecule has 0 heterocycles. The van der Waals surface area contributed by atoms with Gasteiger partial charge in [0.2, 0.25) is 0 Å². The maximum atomic E-state index is 11.8. The normalized spacial score (nSPS) is 12.7. The van der Waals surface area contributed by atoms with Gasteiger partial charge in [-0.1, -0.05) is 36.4 Å². The summed E-state index contributed by atoms with van der Waals surface area (Å²) in [6.07, 6.45) is 2.38. The molecule has 0 spiro atoms. The average Bonchev–Trinajstić information content (AvgIpc) is 3.38. The van der Waals surface area contributed by atoms with Crippen LogP contribution in [0.15, 0.2) is 54.6 Å². The van der Waals surface area contributed by atoms with Crippen LogP contribution < -0.4 is 5.32 Å². The van der Waals surface area contributed by atoms with Crippen molar-refractivity contribution in [2.45, 2.75) is 19.8 Å². The summed E-state index contributed by atoms with van der Waals surface area (Å²) in [7, 11) is 0. The van der Waals surface area contributed by atoms with E-state index in [-0.39, 0.29) is 11.5 Å². The topological polar surface area (TPSA) is 66.4 Å². The zero-order valence-corrected chi connectivity index (χ0v) is 13.2. The smallest absolute Gasteiger partial charge is 0.335 e. The lowest BCUT2D eigenvalue weighted by Gasteiger charge is -2.06. The third-order valence-electron chi connectivity index (χ3n) is 3.63. The fourth-order valence-corrected chi connectivity index (χ4v) is 2.09. The van der Waals surface area contributed by atoms with Crippen LogP contribution in [0.2, 0.25) is 0 Å². The summed E-state index contributed by atoms with van der Waals surface area (Å²) in [5.74, 6) is -0.456. The summed E-state index contributed by atoms with van der Waals surface area (Å²) in [6, 6.07) is 16.6. The van der Waals surface area contributed by atoms with Crippen molar-refractivity contribution in [3.8, 4) is 0 Å². The molecule has 2 aromatic carbocycles. The molecule has 0 bridgehead atoms. The van der Waals surface area contributed by atoms with E-state index in [1.807, 2.05) is 36.4 Å². The van der Waals surface area contributed by atoms with Gasteiger partial charge in [-0.25, -0.2) is 4.79 Å². The molecule has 1 aliphatic rings. The highest BCUT2D eigenvalue weighted by Gasteiger charge is 2.22. The van der Waals surface area contributed by atoms with Gasteiger partial charge < -0.3 is 10.4 Å². The van der Waals surface area contributed by atoms with E-state index in [0.717, 1.165) is 6.54 Å². The van der Waals surface area contributed by atoms with Gasteiger partial charge in [-0.05, 0) is 49.4 Å². The number of carboxylic acids is 1. The summed E-state index contributed by atoms with van der Waals surface area (Å²) in [6.45, 7) is 2.42. The Morgan fingerprint density at radius 2 is 1.65 bits per heavy atom. The monoisotopic (exact) mass is 311 g/mol. The lowest BCUT2D eigenvalue weighted by molar-refractivity contribution is 0.0695. The number of aromatic carboxylic acids is 1. The molecular weight excluding hydrogens is 290 g/mol. The van der Waals surface area contributed by atoms with Crippen LogP contribution in [0.1, 0.15) is 39.1 Å². The molecule has 1 aliphatic carbocycles. The number of benzene rings is 2. The summed E-state index contributed by atoms with van der Waals surface area (Å²) in [5, 5.41) is 11.7. The van der Waals surface area contributed by atoms with E-state index in [1.165, 1.54) is 18.9 Å². The zero-order valence-electron chi connectivity index (χ0n) is 13.2. The van der Waals surface area contributed by atoms with Crippen LogP contribution in [0, 0.1) is 12.8 Å². The number of carboxylic acid groups (broad SMARTS) is 1. The van der Waals surface area contributed by atoms with Crippen molar-refractivity contribution in [1.29, 1.82) is 0 Å². The Morgan fingerprint density at radius 3 is 2.09 bits per heavy atom. The van der Waals surface area contributed by atoms with Gasteiger partial charge in [-0.2, -0.15) is 0 Å². The SMILES string of the molecule is Cc1cc(C(=O)NCC2CC2)ccc1C(=O)O.c1ccccc1. The maximum absolute atomic E-state index is 11.8. The number of aryl methyl sites for hydroxylation is 1. The van der Waals surface area contributed by atoms with E-state index in [9.17, 15) is 9.59 Å². The van der Waals surface area contributed by atoms with Crippen LogP contribution in [-0.2, 0) is 0 Å². The molecule has 0 aromatic heterocycles. The summed E-state index contributed by atoms with van der Waals surface area (Å²) in [5.41, 5.74) is 1.37. The van der Waals surface area contributed by atoms with Crippen LogP contribution >= 0.6 is 0 Å². The number of carbonyl (C=O) groups excluding carboxylic acids is 1. The number of carbonyl (C=O) groups is 2. The minimum atomic E-state index is -0.965. The fourth-order valence-electron chi connectivity index (χ4n) is 2.09. The molecule has 23 heavy (non-hydrogen) atoms. The summed E-state index contributed by atoms with van der Waals surface area (Å²) >= 11 is 0. The third kappa shape index (κ3) is 5.58. The van der Waals surface area contributed by atoms with E-state index in [2.05, 4.69) is 5.32 Å². The Hall–Kier alpha value is -2.62. The maximum Gasteiger partial charge on any atom is 0.335 e. The molecule has 2 N–H and O–H groups in total.